The summed E-state index contributed by atoms with van der Waals surface area (Å²) in [5, 5.41) is 7.42. The van der Waals surface area contributed by atoms with Crippen molar-refractivity contribution in [3.8, 4) is 0 Å². The highest BCUT2D eigenvalue weighted by Gasteiger charge is 2.19. The van der Waals surface area contributed by atoms with E-state index in [1.54, 1.807) is 0 Å². The number of anilines is 1. The fraction of sp³-hybridized carbons (Fsp3) is 0. The Morgan fingerprint density at radius 1 is 1.14 bits per heavy atom. The average Bonchev–Trinajstić information content (AvgIpc) is 2.37. The number of nitrogens with two attached hydrogens (primary N) is 1. The van der Waals surface area contributed by atoms with E-state index in [4.69, 9.17) is 5.14 Å². The molecule has 1 amide bonds. The molecule has 0 aliphatic rings. The number of rotatable bonds is 3. The van der Waals surface area contributed by atoms with Crippen LogP contribution in [0.25, 0.3) is 0 Å². The van der Waals surface area contributed by atoms with Crippen molar-refractivity contribution < 1.29 is 17.6 Å². The molecule has 2 rings (SSSR count). The monoisotopic (exact) mass is 372 g/mol. The summed E-state index contributed by atoms with van der Waals surface area (Å²) in [5.74, 6) is -1.51. The first-order valence-corrected chi connectivity index (χ1v) is 8.02. The van der Waals surface area contributed by atoms with Gasteiger partial charge in [0.1, 0.15) is 10.7 Å². The fourth-order valence-electron chi connectivity index (χ4n) is 1.72. The zero-order valence-electron chi connectivity index (χ0n) is 10.5. The van der Waals surface area contributed by atoms with Crippen molar-refractivity contribution in [2.45, 2.75) is 4.90 Å². The van der Waals surface area contributed by atoms with Crippen LogP contribution in [0.2, 0.25) is 0 Å². The van der Waals surface area contributed by atoms with Crippen LogP contribution < -0.4 is 10.5 Å². The highest BCUT2D eigenvalue weighted by atomic mass is 79.9. The maximum Gasteiger partial charge on any atom is 0.259 e. The van der Waals surface area contributed by atoms with Crippen LogP contribution in [0.3, 0.4) is 0 Å². The summed E-state index contributed by atoms with van der Waals surface area (Å²) in [5.41, 5.74) is -0.234. The van der Waals surface area contributed by atoms with Crippen molar-refractivity contribution in [2.75, 3.05) is 5.32 Å². The van der Waals surface area contributed by atoms with Crippen molar-refractivity contribution in [1.82, 2.24) is 0 Å². The molecule has 0 saturated carbocycles. The zero-order chi connectivity index (χ0) is 15.6. The number of carbonyl (C=O) groups excluding carboxylic acids is 1. The van der Waals surface area contributed by atoms with Crippen LogP contribution in [-0.4, -0.2) is 14.3 Å². The summed E-state index contributed by atoms with van der Waals surface area (Å²) < 4.78 is 36.9. The second kappa shape index (κ2) is 5.92. The van der Waals surface area contributed by atoms with Crippen LogP contribution in [0.15, 0.2) is 51.8 Å². The maximum atomic E-state index is 13.7. The summed E-state index contributed by atoms with van der Waals surface area (Å²) in [6.45, 7) is 0. The summed E-state index contributed by atoms with van der Waals surface area (Å²) >= 11 is 3.08. The summed E-state index contributed by atoms with van der Waals surface area (Å²) in [6.07, 6.45) is 0. The summed E-state index contributed by atoms with van der Waals surface area (Å²) in [6, 6.07) is 9.69. The molecule has 0 radical (unpaired) electrons. The molecule has 0 spiro atoms. The molecule has 0 atom stereocenters. The molecule has 3 N–H and O–H groups in total. The quantitative estimate of drug-likeness (QED) is 0.866. The van der Waals surface area contributed by atoms with E-state index < -0.39 is 21.7 Å². The smallest absolute Gasteiger partial charge is 0.259 e. The zero-order valence-corrected chi connectivity index (χ0v) is 12.9. The number of para-hydroxylation sites is 1. The van der Waals surface area contributed by atoms with E-state index in [0.29, 0.717) is 0 Å². The van der Waals surface area contributed by atoms with E-state index >= 15 is 0 Å². The number of benzene rings is 2. The lowest BCUT2D eigenvalue weighted by Gasteiger charge is -2.10. The molecule has 0 saturated heterocycles. The molecule has 2 aromatic carbocycles. The van der Waals surface area contributed by atoms with Gasteiger partial charge in [-0.25, -0.2) is 17.9 Å². The van der Waals surface area contributed by atoms with Gasteiger partial charge < -0.3 is 5.32 Å². The molecular formula is C13H10BrFN2O3S. The van der Waals surface area contributed by atoms with Gasteiger partial charge >= 0.3 is 0 Å². The minimum atomic E-state index is -4.00. The first-order valence-electron chi connectivity index (χ1n) is 5.68. The molecule has 110 valence electrons. The number of halogens is 2. The van der Waals surface area contributed by atoms with Gasteiger partial charge in [0, 0.05) is 4.47 Å². The number of carbonyl (C=O) groups is 1. The third kappa shape index (κ3) is 3.46. The van der Waals surface area contributed by atoms with Gasteiger partial charge in [-0.15, -0.1) is 0 Å². The van der Waals surface area contributed by atoms with Crippen LogP contribution in [0.5, 0.6) is 0 Å². The second-order valence-corrected chi connectivity index (χ2v) is 6.48. The molecule has 0 fully saturated rings. The third-order valence-corrected chi connectivity index (χ3v) is 4.26. The van der Waals surface area contributed by atoms with E-state index in [-0.39, 0.29) is 20.6 Å². The SMILES string of the molecule is NS(=O)(=O)c1ccccc1NC(=O)c1c(F)cccc1Br. The van der Waals surface area contributed by atoms with Crippen LogP contribution in [0.1, 0.15) is 10.4 Å². The fourth-order valence-corrected chi connectivity index (χ4v) is 2.93. The Labute approximate surface area is 129 Å². The third-order valence-electron chi connectivity index (χ3n) is 2.63. The largest absolute Gasteiger partial charge is 0.321 e. The van der Waals surface area contributed by atoms with Gasteiger partial charge in [0.2, 0.25) is 10.0 Å². The predicted octanol–water partition coefficient (Wildman–Crippen LogP) is 2.49. The summed E-state index contributed by atoms with van der Waals surface area (Å²) in [4.78, 5) is 11.9. The normalized spacial score (nSPS) is 11.2. The number of hydrogen-bond donors (Lipinski definition) is 2. The maximum absolute atomic E-state index is 13.7. The molecule has 8 heteroatoms. The van der Waals surface area contributed by atoms with E-state index in [1.165, 1.54) is 36.4 Å². The number of amides is 1. The molecule has 0 aliphatic carbocycles. The number of primary sulfonamides is 1. The molecule has 0 bridgehead atoms. The number of hydrogen-bond acceptors (Lipinski definition) is 3. The van der Waals surface area contributed by atoms with Crippen molar-refractivity contribution in [2.24, 2.45) is 5.14 Å². The van der Waals surface area contributed by atoms with Gasteiger partial charge in [0.25, 0.3) is 5.91 Å². The van der Waals surface area contributed by atoms with Crippen molar-refractivity contribution >= 4 is 37.5 Å². The highest BCUT2D eigenvalue weighted by Crippen LogP contribution is 2.24. The molecule has 21 heavy (non-hydrogen) atoms. The Morgan fingerprint density at radius 2 is 1.81 bits per heavy atom. The first kappa shape index (κ1) is 15.6. The standard InChI is InChI=1S/C13H10BrFN2O3S/c14-8-4-3-5-9(15)12(8)13(18)17-10-6-1-2-7-11(10)21(16,19)20/h1-7H,(H,17,18)(H2,16,19,20). The van der Waals surface area contributed by atoms with E-state index in [1.807, 2.05) is 0 Å². The van der Waals surface area contributed by atoms with Gasteiger partial charge in [-0.3, -0.25) is 4.79 Å². The topological polar surface area (TPSA) is 89.3 Å². The Hall–Kier alpha value is -1.77. The molecule has 2 aromatic rings. The minimum Gasteiger partial charge on any atom is -0.321 e. The Kier molecular flexibility index (Phi) is 4.40. The average molecular weight is 373 g/mol. The predicted molar refractivity (Wildman–Crippen MR) is 79.9 cm³/mol. The lowest BCUT2D eigenvalue weighted by Crippen LogP contribution is -2.19. The van der Waals surface area contributed by atoms with Crippen molar-refractivity contribution in [3.63, 3.8) is 0 Å². The van der Waals surface area contributed by atoms with E-state index in [9.17, 15) is 17.6 Å². The van der Waals surface area contributed by atoms with Gasteiger partial charge in [-0.2, -0.15) is 0 Å². The van der Waals surface area contributed by atoms with Crippen LogP contribution in [0.4, 0.5) is 10.1 Å². The molecule has 0 aliphatic heterocycles. The minimum absolute atomic E-state index is 0.0137. The van der Waals surface area contributed by atoms with E-state index in [2.05, 4.69) is 21.2 Å². The van der Waals surface area contributed by atoms with Gasteiger partial charge in [-0.05, 0) is 40.2 Å². The van der Waals surface area contributed by atoms with E-state index in [0.717, 1.165) is 6.07 Å². The first-order chi connectivity index (χ1) is 9.80. The van der Waals surface area contributed by atoms with Gasteiger partial charge in [0.15, 0.2) is 0 Å². The Balaban J connectivity index is 2.42. The molecular weight excluding hydrogens is 363 g/mol. The molecule has 0 heterocycles. The molecule has 5 nitrogen and oxygen atoms in total. The van der Waals surface area contributed by atoms with Crippen molar-refractivity contribution in [3.05, 3.63) is 58.3 Å². The Morgan fingerprint density at radius 3 is 2.43 bits per heavy atom. The Bertz CT molecular complexity index is 789. The van der Waals surface area contributed by atoms with Crippen LogP contribution in [-0.2, 0) is 10.0 Å². The van der Waals surface area contributed by atoms with Gasteiger partial charge in [0.05, 0.1) is 11.3 Å². The number of sulfonamides is 1. The van der Waals surface area contributed by atoms with Crippen LogP contribution in [0, 0.1) is 5.82 Å². The lowest BCUT2D eigenvalue weighted by molar-refractivity contribution is 0.102. The molecule has 0 unspecified atom stereocenters. The number of nitrogens with one attached hydrogen (secondary N) is 1. The van der Waals surface area contributed by atoms with Crippen LogP contribution >= 0.6 is 15.9 Å². The lowest BCUT2D eigenvalue weighted by atomic mass is 10.2. The second-order valence-electron chi connectivity index (χ2n) is 4.09. The molecule has 0 aromatic heterocycles. The highest BCUT2D eigenvalue weighted by molar-refractivity contribution is 9.10. The van der Waals surface area contributed by atoms with Crippen molar-refractivity contribution in [1.29, 1.82) is 0 Å². The summed E-state index contributed by atoms with van der Waals surface area (Å²) in [7, 11) is -4.00. The van der Waals surface area contributed by atoms with Gasteiger partial charge in [-0.1, -0.05) is 18.2 Å².